The fraction of sp³-hybridized carbons (Fsp3) is 0.143. The molecule has 0 atom stereocenters. The van der Waals surface area contributed by atoms with Crippen molar-refractivity contribution in [2.45, 2.75) is 20.0 Å². The summed E-state index contributed by atoms with van der Waals surface area (Å²) in [6.07, 6.45) is 5.50. The van der Waals surface area contributed by atoms with Gasteiger partial charge in [0.1, 0.15) is 11.5 Å². The SMILES string of the molecule is Cc1cc(/C=C/C(=O)CC(=O)/C=C/c2ccc(O)c(CO)c2)ccc1O. The second-order valence-electron chi connectivity index (χ2n) is 5.87. The zero-order valence-electron chi connectivity index (χ0n) is 14.3. The van der Waals surface area contributed by atoms with Gasteiger partial charge in [-0.3, -0.25) is 9.59 Å². The number of rotatable bonds is 7. The maximum Gasteiger partial charge on any atom is 0.163 e. The molecule has 0 aliphatic carbocycles. The van der Waals surface area contributed by atoms with E-state index in [1.165, 1.54) is 24.3 Å². The van der Waals surface area contributed by atoms with Gasteiger partial charge in [0.2, 0.25) is 0 Å². The van der Waals surface area contributed by atoms with Crippen LogP contribution in [0, 0.1) is 6.92 Å². The number of aromatic hydroxyl groups is 2. The van der Waals surface area contributed by atoms with Gasteiger partial charge in [0.15, 0.2) is 11.6 Å². The summed E-state index contributed by atoms with van der Waals surface area (Å²) < 4.78 is 0. The molecule has 0 spiro atoms. The molecule has 5 heteroatoms. The molecule has 2 aromatic rings. The minimum Gasteiger partial charge on any atom is -0.508 e. The highest BCUT2D eigenvalue weighted by atomic mass is 16.3. The Labute approximate surface area is 151 Å². The van der Waals surface area contributed by atoms with Gasteiger partial charge in [0, 0.05) is 5.56 Å². The van der Waals surface area contributed by atoms with E-state index in [-0.39, 0.29) is 36.1 Å². The molecule has 0 aliphatic heterocycles. The summed E-state index contributed by atoms with van der Waals surface area (Å²) in [6, 6.07) is 9.57. The van der Waals surface area contributed by atoms with Crippen LogP contribution >= 0.6 is 0 Å². The number of allylic oxidation sites excluding steroid dienone is 2. The molecule has 134 valence electrons. The van der Waals surface area contributed by atoms with Crippen molar-refractivity contribution in [3.63, 3.8) is 0 Å². The molecule has 3 N–H and O–H groups in total. The first kappa shape index (κ1) is 19.1. The number of aryl methyl sites for hydroxylation is 1. The van der Waals surface area contributed by atoms with Gasteiger partial charge in [-0.25, -0.2) is 0 Å². The summed E-state index contributed by atoms with van der Waals surface area (Å²) in [5, 5.41) is 28.1. The second kappa shape index (κ2) is 8.78. The van der Waals surface area contributed by atoms with Crippen LogP contribution in [0.15, 0.2) is 48.6 Å². The number of aliphatic hydroxyl groups excluding tert-OH is 1. The minimum atomic E-state index is -0.347. The van der Waals surface area contributed by atoms with Crippen molar-refractivity contribution < 1.29 is 24.9 Å². The molecule has 26 heavy (non-hydrogen) atoms. The summed E-state index contributed by atoms with van der Waals surface area (Å²) in [7, 11) is 0. The Bertz CT molecular complexity index is 878. The number of ketones is 2. The van der Waals surface area contributed by atoms with Gasteiger partial charge < -0.3 is 15.3 Å². The number of hydrogen-bond acceptors (Lipinski definition) is 5. The Morgan fingerprint density at radius 2 is 1.42 bits per heavy atom. The number of aliphatic hydroxyl groups is 1. The van der Waals surface area contributed by atoms with E-state index < -0.39 is 0 Å². The Morgan fingerprint density at radius 3 is 1.96 bits per heavy atom. The lowest BCUT2D eigenvalue weighted by Crippen LogP contribution is -2.01. The second-order valence-corrected chi connectivity index (χ2v) is 5.87. The van der Waals surface area contributed by atoms with Crippen molar-refractivity contribution in [3.8, 4) is 11.5 Å². The third-order valence-electron chi connectivity index (χ3n) is 3.77. The van der Waals surface area contributed by atoms with Crippen LogP contribution in [0.1, 0.15) is 28.7 Å². The molecule has 0 fully saturated rings. The van der Waals surface area contributed by atoms with E-state index in [4.69, 9.17) is 5.11 Å². The average molecular weight is 352 g/mol. The van der Waals surface area contributed by atoms with Crippen LogP contribution in [-0.2, 0) is 16.2 Å². The Hall–Kier alpha value is -3.18. The van der Waals surface area contributed by atoms with Gasteiger partial charge >= 0.3 is 0 Å². The van der Waals surface area contributed by atoms with Crippen molar-refractivity contribution in [2.75, 3.05) is 0 Å². The predicted octanol–water partition coefficient (Wildman–Crippen LogP) is 3.15. The third kappa shape index (κ3) is 5.43. The number of phenols is 2. The molecule has 0 saturated carbocycles. The van der Waals surface area contributed by atoms with Crippen molar-refractivity contribution >= 4 is 23.7 Å². The Balaban J connectivity index is 1.95. The quantitative estimate of drug-likeness (QED) is 0.526. The fourth-order valence-corrected chi connectivity index (χ4v) is 2.29. The van der Waals surface area contributed by atoms with Gasteiger partial charge in [-0.2, -0.15) is 0 Å². The molecule has 0 heterocycles. The summed E-state index contributed by atoms with van der Waals surface area (Å²) in [6.45, 7) is 1.45. The van der Waals surface area contributed by atoms with Gasteiger partial charge in [-0.05, 0) is 60.0 Å². The Kier molecular flexibility index (Phi) is 6.47. The summed E-state index contributed by atoms with van der Waals surface area (Å²) in [5.41, 5.74) is 2.47. The molecule has 0 unspecified atom stereocenters. The maximum absolute atomic E-state index is 11.9. The summed E-state index contributed by atoms with van der Waals surface area (Å²) in [5.74, 6) is -0.500. The molecule has 2 rings (SSSR count). The van der Waals surface area contributed by atoms with Crippen LogP contribution < -0.4 is 0 Å². The smallest absolute Gasteiger partial charge is 0.163 e. The predicted molar refractivity (Wildman–Crippen MR) is 99.6 cm³/mol. The maximum atomic E-state index is 11.9. The lowest BCUT2D eigenvalue weighted by molar-refractivity contribution is -0.121. The van der Waals surface area contributed by atoms with Crippen LogP contribution in [0.5, 0.6) is 11.5 Å². The molecular weight excluding hydrogens is 332 g/mol. The molecular formula is C21H20O5. The summed E-state index contributed by atoms with van der Waals surface area (Å²) >= 11 is 0. The third-order valence-corrected chi connectivity index (χ3v) is 3.77. The van der Waals surface area contributed by atoms with E-state index in [0.717, 1.165) is 5.56 Å². The lowest BCUT2D eigenvalue weighted by atomic mass is 10.1. The number of carbonyl (C=O) groups excluding carboxylic acids is 2. The molecule has 0 saturated heterocycles. The van der Waals surface area contributed by atoms with E-state index >= 15 is 0 Å². The monoisotopic (exact) mass is 352 g/mol. The van der Waals surface area contributed by atoms with Gasteiger partial charge in [-0.15, -0.1) is 0 Å². The number of phenolic OH excluding ortho intramolecular Hbond substituents is 1. The molecule has 2 aromatic carbocycles. The number of carbonyl (C=O) groups is 2. The molecule has 0 amide bonds. The molecule has 0 radical (unpaired) electrons. The standard InChI is InChI=1S/C21H20O5/c1-14-10-15(4-8-20(14)25)2-6-18(23)12-19(24)7-3-16-5-9-21(26)17(11-16)13-22/h2-11,22,25-26H,12-13H2,1H3/b6-2+,7-3+. The van der Waals surface area contributed by atoms with E-state index in [1.807, 2.05) is 0 Å². The van der Waals surface area contributed by atoms with Crippen LogP contribution in [0.3, 0.4) is 0 Å². The first-order valence-corrected chi connectivity index (χ1v) is 8.03. The average Bonchev–Trinajstić information content (AvgIpc) is 2.62. The molecule has 0 bridgehead atoms. The fourth-order valence-electron chi connectivity index (χ4n) is 2.29. The van der Waals surface area contributed by atoms with Gasteiger partial charge in [-0.1, -0.05) is 24.3 Å². The highest BCUT2D eigenvalue weighted by Crippen LogP contribution is 2.19. The van der Waals surface area contributed by atoms with Gasteiger partial charge in [0.25, 0.3) is 0 Å². The van der Waals surface area contributed by atoms with Crippen LogP contribution in [0.4, 0.5) is 0 Å². The van der Waals surface area contributed by atoms with Crippen LogP contribution in [0.25, 0.3) is 12.2 Å². The normalized spacial score (nSPS) is 11.3. The van der Waals surface area contributed by atoms with E-state index in [9.17, 15) is 19.8 Å². The number of benzene rings is 2. The lowest BCUT2D eigenvalue weighted by Gasteiger charge is -2.01. The van der Waals surface area contributed by atoms with Crippen LogP contribution in [0.2, 0.25) is 0 Å². The van der Waals surface area contributed by atoms with Crippen molar-refractivity contribution in [1.82, 2.24) is 0 Å². The van der Waals surface area contributed by atoms with Crippen LogP contribution in [-0.4, -0.2) is 26.9 Å². The topological polar surface area (TPSA) is 94.8 Å². The number of hydrogen-bond donors (Lipinski definition) is 3. The Morgan fingerprint density at radius 1 is 0.885 bits per heavy atom. The summed E-state index contributed by atoms with van der Waals surface area (Å²) in [4.78, 5) is 23.8. The molecule has 5 nitrogen and oxygen atoms in total. The zero-order valence-corrected chi connectivity index (χ0v) is 14.3. The van der Waals surface area contributed by atoms with Crippen molar-refractivity contribution in [1.29, 1.82) is 0 Å². The minimum absolute atomic E-state index is 0.0132. The largest absolute Gasteiger partial charge is 0.508 e. The van der Waals surface area contributed by atoms with E-state index in [0.29, 0.717) is 16.7 Å². The first-order chi connectivity index (χ1) is 12.4. The highest BCUT2D eigenvalue weighted by Gasteiger charge is 2.05. The zero-order chi connectivity index (χ0) is 19.1. The van der Waals surface area contributed by atoms with Crippen molar-refractivity contribution in [3.05, 3.63) is 70.8 Å². The molecule has 0 aliphatic rings. The highest BCUT2D eigenvalue weighted by molar-refractivity contribution is 6.10. The molecule has 0 aromatic heterocycles. The van der Waals surface area contributed by atoms with E-state index in [2.05, 4.69) is 0 Å². The van der Waals surface area contributed by atoms with Gasteiger partial charge in [0.05, 0.1) is 13.0 Å². The van der Waals surface area contributed by atoms with E-state index in [1.54, 1.807) is 43.3 Å². The first-order valence-electron chi connectivity index (χ1n) is 8.03. The van der Waals surface area contributed by atoms with Crippen molar-refractivity contribution in [2.24, 2.45) is 0 Å².